The fourth-order valence-corrected chi connectivity index (χ4v) is 7.93. The third-order valence-corrected chi connectivity index (χ3v) is 10.8. The van der Waals surface area contributed by atoms with Gasteiger partial charge in [-0.2, -0.15) is 0 Å². The number of benzene rings is 6. The molecule has 0 aromatic heterocycles. The van der Waals surface area contributed by atoms with Gasteiger partial charge in [-0.05, 0) is 96.9 Å². The molecule has 0 unspecified atom stereocenters. The Morgan fingerprint density at radius 3 is 1.85 bits per heavy atom. The molecule has 0 fully saturated rings. The van der Waals surface area contributed by atoms with Gasteiger partial charge in [0.25, 0.3) is 0 Å². The van der Waals surface area contributed by atoms with E-state index in [2.05, 4.69) is 205 Å². The quantitative estimate of drug-likeness (QED) is 0.186. The summed E-state index contributed by atoms with van der Waals surface area (Å²) in [7, 11) is 0. The van der Waals surface area contributed by atoms with Gasteiger partial charge in [-0.15, -0.1) is 0 Å². The van der Waals surface area contributed by atoms with Gasteiger partial charge in [-0.3, -0.25) is 0 Å². The van der Waals surface area contributed by atoms with Crippen molar-refractivity contribution in [2.75, 3.05) is 5.32 Å². The molecule has 6 aromatic rings. The summed E-state index contributed by atoms with van der Waals surface area (Å²) in [6, 6.07) is 49.6. The molecule has 0 radical (unpaired) electrons. The SMILES string of the molecule is C=CC1=C(/C=C\C)c2ccccc2C1(C)C.C=c1cccc/c1=C/C1=C(Nc2ccc(-c3ccc4ccccc4c3)cc2)c2ccccc2C1(C)C. The Hall–Kier alpha value is -5.92. The highest BCUT2D eigenvalue weighted by Crippen LogP contribution is 2.48. The second kappa shape index (κ2) is 14.0. The molecule has 0 atom stereocenters. The largest absolute Gasteiger partial charge is 0.355 e. The minimum absolute atomic E-state index is 0.0766. The first-order valence-electron chi connectivity index (χ1n) is 18.2. The zero-order valence-electron chi connectivity index (χ0n) is 31.0. The van der Waals surface area contributed by atoms with E-state index in [0.717, 1.165) is 21.8 Å². The Morgan fingerprint density at radius 1 is 0.577 bits per heavy atom. The van der Waals surface area contributed by atoms with Crippen molar-refractivity contribution in [3.8, 4) is 11.1 Å². The van der Waals surface area contributed by atoms with E-state index in [-0.39, 0.29) is 10.8 Å². The molecule has 6 aromatic carbocycles. The molecule has 1 nitrogen and oxygen atoms in total. The molecule has 0 heterocycles. The molecular formula is C51H47N. The van der Waals surface area contributed by atoms with Crippen molar-refractivity contribution < 1.29 is 0 Å². The van der Waals surface area contributed by atoms with E-state index < -0.39 is 0 Å². The Morgan fingerprint density at radius 2 is 1.15 bits per heavy atom. The Kier molecular flexibility index (Phi) is 9.30. The molecule has 256 valence electrons. The van der Waals surface area contributed by atoms with Crippen molar-refractivity contribution in [1.82, 2.24) is 0 Å². The lowest BCUT2D eigenvalue weighted by atomic mass is 9.81. The summed E-state index contributed by atoms with van der Waals surface area (Å²) >= 11 is 0. The predicted molar refractivity (Wildman–Crippen MR) is 226 cm³/mol. The van der Waals surface area contributed by atoms with Gasteiger partial charge in [0.2, 0.25) is 0 Å². The van der Waals surface area contributed by atoms with Crippen LogP contribution in [0.2, 0.25) is 0 Å². The summed E-state index contributed by atoms with van der Waals surface area (Å²) in [6.45, 7) is 19.4. The maximum atomic E-state index is 4.25. The van der Waals surface area contributed by atoms with Crippen LogP contribution in [0.1, 0.15) is 56.9 Å². The molecule has 1 heteroatoms. The number of rotatable bonds is 6. The van der Waals surface area contributed by atoms with Gasteiger partial charge in [0.1, 0.15) is 0 Å². The highest BCUT2D eigenvalue weighted by molar-refractivity contribution is 5.93. The van der Waals surface area contributed by atoms with Crippen LogP contribution in [-0.2, 0) is 10.8 Å². The van der Waals surface area contributed by atoms with E-state index in [1.807, 2.05) is 12.1 Å². The lowest BCUT2D eigenvalue weighted by Crippen LogP contribution is -2.25. The fourth-order valence-electron chi connectivity index (χ4n) is 7.93. The fraction of sp³-hybridized carbons (Fsp3) is 0.137. The smallest absolute Gasteiger partial charge is 0.0502 e. The summed E-state index contributed by atoms with van der Waals surface area (Å²) in [5.41, 5.74) is 13.9. The topological polar surface area (TPSA) is 12.0 Å². The van der Waals surface area contributed by atoms with E-state index in [1.165, 1.54) is 60.9 Å². The van der Waals surface area contributed by atoms with Crippen molar-refractivity contribution >= 4 is 40.4 Å². The predicted octanol–water partition coefficient (Wildman–Crippen LogP) is 12.0. The van der Waals surface area contributed by atoms with E-state index in [4.69, 9.17) is 0 Å². The van der Waals surface area contributed by atoms with E-state index in [1.54, 1.807) is 0 Å². The molecule has 2 aliphatic carbocycles. The first-order valence-corrected chi connectivity index (χ1v) is 18.2. The average molecular weight is 674 g/mol. The standard InChI is InChI=1S/C35H29N.C16H18/c1-24-10-4-5-12-27(24)23-33-34(31-14-8-9-15-32(31)35(33,2)3)36-30-20-18-26(19-21-30)29-17-16-25-11-6-7-13-28(25)22-29;1-5-9-12-13-10-7-8-11-15(13)16(3,4)14(12)6-2/h4-23,36H,1H2,2-3H3;5-11H,2H2,1,3-4H3/b27-23-;9-5-. The van der Waals surface area contributed by atoms with Crippen LogP contribution in [0.3, 0.4) is 0 Å². The van der Waals surface area contributed by atoms with Gasteiger partial charge in [-0.1, -0.05) is 180 Å². The molecule has 1 N–H and O–H groups in total. The number of nitrogens with one attached hydrogen (secondary N) is 1. The van der Waals surface area contributed by atoms with Crippen LogP contribution < -0.4 is 15.8 Å². The highest BCUT2D eigenvalue weighted by Gasteiger charge is 2.37. The van der Waals surface area contributed by atoms with Crippen LogP contribution >= 0.6 is 0 Å². The number of hydrogen-bond donors (Lipinski definition) is 1. The van der Waals surface area contributed by atoms with Gasteiger partial charge in [0.05, 0.1) is 5.70 Å². The Bertz CT molecular complexity index is 2520. The van der Waals surface area contributed by atoms with Crippen molar-refractivity contribution in [2.45, 2.75) is 45.4 Å². The van der Waals surface area contributed by atoms with Gasteiger partial charge in [0, 0.05) is 22.1 Å². The summed E-state index contributed by atoms with van der Waals surface area (Å²) in [5, 5.41) is 8.50. The molecule has 0 spiro atoms. The van der Waals surface area contributed by atoms with Crippen molar-refractivity contribution in [3.63, 3.8) is 0 Å². The van der Waals surface area contributed by atoms with E-state index >= 15 is 0 Å². The first kappa shape index (κ1) is 34.5. The van der Waals surface area contributed by atoms with E-state index in [9.17, 15) is 0 Å². The third-order valence-electron chi connectivity index (χ3n) is 10.8. The minimum atomic E-state index is -0.119. The zero-order chi connectivity index (χ0) is 36.5. The molecule has 0 aliphatic heterocycles. The minimum Gasteiger partial charge on any atom is -0.355 e. The van der Waals surface area contributed by atoms with E-state index in [0.29, 0.717) is 0 Å². The average Bonchev–Trinajstić information content (AvgIpc) is 3.51. The lowest BCUT2D eigenvalue weighted by molar-refractivity contribution is 0.654. The summed E-state index contributed by atoms with van der Waals surface area (Å²) in [6.07, 6.45) is 8.57. The molecular weight excluding hydrogens is 627 g/mol. The Balaban J connectivity index is 0.000000220. The Labute approximate surface area is 309 Å². The summed E-state index contributed by atoms with van der Waals surface area (Å²) in [5.74, 6) is 0. The number of allylic oxidation sites excluding steroid dienone is 6. The van der Waals surface area contributed by atoms with Gasteiger partial charge in [-0.25, -0.2) is 0 Å². The monoisotopic (exact) mass is 673 g/mol. The van der Waals surface area contributed by atoms with Crippen molar-refractivity contribution in [1.29, 1.82) is 0 Å². The molecule has 0 bridgehead atoms. The zero-order valence-corrected chi connectivity index (χ0v) is 31.0. The van der Waals surface area contributed by atoms with Crippen molar-refractivity contribution in [2.24, 2.45) is 0 Å². The second-order valence-electron chi connectivity index (χ2n) is 14.8. The van der Waals surface area contributed by atoms with Crippen LogP contribution in [-0.4, -0.2) is 0 Å². The maximum Gasteiger partial charge on any atom is 0.0502 e. The van der Waals surface area contributed by atoms with Gasteiger partial charge >= 0.3 is 0 Å². The maximum absolute atomic E-state index is 4.25. The normalized spacial score (nSPS) is 15.8. The van der Waals surface area contributed by atoms with Crippen LogP contribution in [0.5, 0.6) is 0 Å². The third kappa shape index (κ3) is 6.29. The summed E-state index contributed by atoms with van der Waals surface area (Å²) in [4.78, 5) is 0. The molecule has 0 saturated carbocycles. The number of anilines is 1. The lowest BCUT2D eigenvalue weighted by Gasteiger charge is -2.22. The first-order chi connectivity index (χ1) is 25.1. The molecule has 0 amide bonds. The van der Waals surface area contributed by atoms with Crippen LogP contribution in [0, 0.1) is 0 Å². The number of fused-ring (bicyclic) bond motifs is 3. The van der Waals surface area contributed by atoms with Crippen molar-refractivity contribution in [3.05, 3.63) is 208 Å². The van der Waals surface area contributed by atoms with Gasteiger partial charge < -0.3 is 5.32 Å². The summed E-state index contributed by atoms with van der Waals surface area (Å²) < 4.78 is 0. The van der Waals surface area contributed by atoms with Crippen LogP contribution in [0.4, 0.5) is 5.69 Å². The molecule has 0 saturated heterocycles. The van der Waals surface area contributed by atoms with Crippen LogP contribution in [0.15, 0.2) is 175 Å². The molecule has 8 rings (SSSR count). The van der Waals surface area contributed by atoms with Crippen LogP contribution in [0.25, 0.3) is 45.8 Å². The highest BCUT2D eigenvalue weighted by atomic mass is 14.9. The molecule has 2 aliphatic rings. The molecule has 52 heavy (non-hydrogen) atoms. The number of hydrogen-bond acceptors (Lipinski definition) is 1. The second-order valence-corrected chi connectivity index (χ2v) is 14.8. The van der Waals surface area contributed by atoms with Gasteiger partial charge in [0.15, 0.2) is 0 Å².